The van der Waals surface area contributed by atoms with Gasteiger partial charge in [0.05, 0.1) is 7.11 Å². The van der Waals surface area contributed by atoms with Crippen LogP contribution in [0.5, 0.6) is 0 Å². The highest BCUT2D eigenvalue weighted by molar-refractivity contribution is 5.76. The Morgan fingerprint density at radius 2 is 2.53 bits per heavy atom. The molecule has 0 aliphatic heterocycles. The summed E-state index contributed by atoms with van der Waals surface area (Å²) in [4.78, 5) is 14.9. The molecule has 0 radical (unpaired) electrons. The van der Waals surface area contributed by atoms with E-state index in [-0.39, 0.29) is 12.5 Å². The second kappa shape index (κ2) is 3.91. The monoisotopic (exact) mass is 207 g/mol. The number of carbonyl (C=O) groups is 1. The highest BCUT2D eigenvalue weighted by Gasteiger charge is 2.06. The van der Waals surface area contributed by atoms with Gasteiger partial charge < -0.3 is 10.1 Å². The van der Waals surface area contributed by atoms with E-state index < -0.39 is 0 Å². The van der Waals surface area contributed by atoms with Crippen molar-refractivity contribution in [2.75, 3.05) is 19.0 Å². The van der Waals surface area contributed by atoms with Gasteiger partial charge in [0.2, 0.25) is 5.65 Å². The normalized spacial score (nSPS) is 10.2. The van der Waals surface area contributed by atoms with Gasteiger partial charge in [0.15, 0.2) is 5.82 Å². The summed E-state index contributed by atoms with van der Waals surface area (Å²) in [5, 5.41) is 10.4. The van der Waals surface area contributed by atoms with E-state index in [0.29, 0.717) is 11.5 Å². The lowest BCUT2D eigenvalue weighted by Gasteiger charge is -2.03. The van der Waals surface area contributed by atoms with Gasteiger partial charge in [-0.1, -0.05) is 0 Å². The number of aromatic nitrogens is 4. The number of hydrogen-bond donors (Lipinski definition) is 1. The SMILES string of the molecule is COC(=O)CNc1nccn2cnnc12. The molecular formula is C8H9N5O2. The average molecular weight is 207 g/mol. The topological polar surface area (TPSA) is 81.4 Å². The molecule has 0 atom stereocenters. The fourth-order valence-corrected chi connectivity index (χ4v) is 1.11. The van der Waals surface area contributed by atoms with Gasteiger partial charge in [-0.05, 0) is 0 Å². The molecule has 78 valence electrons. The summed E-state index contributed by atoms with van der Waals surface area (Å²) in [5.41, 5.74) is 0.571. The second-order valence-corrected chi connectivity index (χ2v) is 2.77. The van der Waals surface area contributed by atoms with Crippen LogP contribution in [-0.4, -0.2) is 39.2 Å². The number of ether oxygens (including phenoxy) is 1. The van der Waals surface area contributed by atoms with Gasteiger partial charge in [0.25, 0.3) is 0 Å². The summed E-state index contributed by atoms with van der Waals surface area (Å²) >= 11 is 0. The maximum absolute atomic E-state index is 10.9. The Balaban J connectivity index is 2.20. The Morgan fingerprint density at radius 1 is 1.67 bits per heavy atom. The molecule has 15 heavy (non-hydrogen) atoms. The minimum absolute atomic E-state index is 0.0516. The number of hydrogen-bond acceptors (Lipinski definition) is 6. The third-order valence-electron chi connectivity index (χ3n) is 1.84. The van der Waals surface area contributed by atoms with Crippen molar-refractivity contribution in [3.63, 3.8) is 0 Å². The molecule has 0 saturated carbocycles. The standard InChI is InChI=1S/C8H9N5O2/c1-15-6(14)4-10-7-8-12-11-5-13(8)3-2-9-7/h2-3,5H,4H2,1H3,(H,9,10). The second-order valence-electron chi connectivity index (χ2n) is 2.77. The van der Waals surface area contributed by atoms with E-state index in [1.54, 1.807) is 23.1 Å². The number of nitrogens with zero attached hydrogens (tertiary/aromatic N) is 4. The third-order valence-corrected chi connectivity index (χ3v) is 1.84. The lowest BCUT2D eigenvalue weighted by molar-refractivity contribution is -0.138. The molecule has 2 aromatic heterocycles. The van der Waals surface area contributed by atoms with Crippen LogP contribution in [0.15, 0.2) is 18.7 Å². The van der Waals surface area contributed by atoms with Crippen LogP contribution in [0.1, 0.15) is 0 Å². The van der Waals surface area contributed by atoms with E-state index in [0.717, 1.165) is 0 Å². The van der Waals surface area contributed by atoms with E-state index in [2.05, 4.69) is 25.2 Å². The first-order valence-electron chi connectivity index (χ1n) is 4.26. The van der Waals surface area contributed by atoms with Crippen molar-refractivity contribution in [3.05, 3.63) is 18.7 Å². The molecule has 1 N–H and O–H groups in total. The molecule has 0 amide bonds. The van der Waals surface area contributed by atoms with Gasteiger partial charge in [-0.3, -0.25) is 9.20 Å². The van der Waals surface area contributed by atoms with E-state index in [1.165, 1.54) is 7.11 Å². The minimum atomic E-state index is -0.363. The number of esters is 1. The lowest BCUT2D eigenvalue weighted by Crippen LogP contribution is -2.16. The number of methoxy groups -OCH3 is 1. The van der Waals surface area contributed by atoms with Crippen molar-refractivity contribution >= 4 is 17.4 Å². The van der Waals surface area contributed by atoms with Crippen molar-refractivity contribution in [1.29, 1.82) is 0 Å². The van der Waals surface area contributed by atoms with Gasteiger partial charge in [0, 0.05) is 12.4 Å². The maximum Gasteiger partial charge on any atom is 0.325 e. The first-order valence-corrected chi connectivity index (χ1v) is 4.26. The van der Waals surface area contributed by atoms with Gasteiger partial charge in [0.1, 0.15) is 12.9 Å². The molecule has 0 aliphatic carbocycles. The number of nitrogens with one attached hydrogen (secondary N) is 1. The molecule has 7 nitrogen and oxygen atoms in total. The van der Waals surface area contributed by atoms with Crippen LogP contribution in [0.2, 0.25) is 0 Å². The molecular weight excluding hydrogens is 198 g/mol. The van der Waals surface area contributed by atoms with Crippen molar-refractivity contribution in [3.8, 4) is 0 Å². The van der Waals surface area contributed by atoms with E-state index in [9.17, 15) is 4.79 Å². The van der Waals surface area contributed by atoms with Crippen LogP contribution in [-0.2, 0) is 9.53 Å². The zero-order valence-electron chi connectivity index (χ0n) is 8.04. The molecule has 2 heterocycles. The Morgan fingerprint density at radius 3 is 3.33 bits per heavy atom. The Kier molecular flexibility index (Phi) is 2.44. The van der Waals surface area contributed by atoms with Gasteiger partial charge in [-0.2, -0.15) is 0 Å². The summed E-state index contributed by atoms with van der Waals surface area (Å²) in [6.45, 7) is 0.0516. The Hall–Kier alpha value is -2.18. The van der Waals surface area contributed by atoms with Crippen LogP contribution in [0.3, 0.4) is 0 Å². The van der Waals surface area contributed by atoms with Crippen LogP contribution in [0.4, 0.5) is 5.82 Å². The molecule has 0 aliphatic rings. The summed E-state index contributed by atoms with van der Waals surface area (Å²) in [5.74, 6) is 0.138. The van der Waals surface area contributed by atoms with Gasteiger partial charge in [-0.15, -0.1) is 10.2 Å². The summed E-state index contributed by atoms with van der Waals surface area (Å²) < 4.78 is 6.19. The lowest BCUT2D eigenvalue weighted by atomic mass is 10.5. The first-order chi connectivity index (χ1) is 7.31. The average Bonchev–Trinajstić information content (AvgIpc) is 2.74. The highest BCUT2D eigenvalue weighted by Crippen LogP contribution is 2.08. The Bertz CT molecular complexity index is 481. The van der Waals surface area contributed by atoms with E-state index in [1.807, 2.05) is 0 Å². The fraction of sp³-hybridized carbons (Fsp3) is 0.250. The van der Waals surface area contributed by atoms with E-state index >= 15 is 0 Å². The quantitative estimate of drug-likeness (QED) is 0.696. The maximum atomic E-state index is 10.9. The molecule has 0 unspecified atom stereocenters. The number of anilines is 1. The molecule has 0 aromatic carbocycles. The largest absolute Gasteiger partial charge is 0.468 e. The highest BCUT2D eigenvalue weighted by atomic mass is 16.5. The van der Waals surface area contributed by atoms with Gasteiger partial charge >= 0.3 is 5.97 Å². The predicted octanol–water partition coefficient (Wildman–Crippen LogP) is -0.291. The molecule has 0 saturated heterocycles. The van der Waals surface area contributed by atoms with Crippen LogP contribution < -0.4 is 5.32 Å². The third kappa shape index (κ3) is 1.85. The van der Waals surface area contributed by atoms with Crippen LogP contribution >= 0.6 is 0 Å². The van der Waals surface area contributed by atoms with Gasteiger partial charge in [-0.25, -0.2) is 4.98 Å². The minimum Gasteiger partial charge on any atom is -0.468 e. The Labute approximate surface area is 85.1 Å². The number of rotatable bonds is 3. The van der Waals surface area contributed by atoms with Crippen LogP contribution in [0, 0.1) is 0 Å². The van der Waals surface area contributed by atoms with Crippen molar-refractivity contribution in [1.82, 2.24) is 19.6 Å². The van der Waals surface area contributed by atoms with Crippen molar-refractivity contribution < 1.29 is 9.53 Å². The summed E-state index contributed by atoms with van der Waals surface area (Å²) in [6.07, 6.45) is 4.87. The summed E-state index contributed by atoms with van der Waals surface area (Å²) in [7, 11) is 1.33. The first kappa shape index (κ1) is 9.38. The fourth-order valence-electron chi connectivity index (χ4n) is 1.11. The number of fused-ring (bicyclic) bond motifs is 1. The molecule has 7 heteroatoms. The molecule has 0 spiro atoms. The number of carbonyl (C=O) groups excluding carboxylic acids is 1. The zero-order chi connectivity index (χ0) is 10.7. The smallest absolute Gasteiger partial charge is 0.325 e. The van der Waals surface area contributed by atoms with E-state index in [4.69, 9.17) is 0 Å². The van der Waals surface area contributed by atoms with Crippen molar-refractivity contribution in [2.45, 2.75) is 0 Å². The molecule has 2 aromatic rings. The van der Waals surface area contributed by atoms with Crippen LogP contribution in [0.25, 0.3) is 5.65 Å². The zero-order valence-corrected chi connectivity index (χ0v) is 8.04. The molecule has 2 rings (SSSR count). The summed E-state index contributed by atoms with van der Waals surface area (Å²) in [6, 6.07) is 0. The predicted molar refractivity (Wildman–Crippen MR) is 51.3 cm³/mol. The molecule has 0 fully saturated rings. The van der Waals surface area contributed by atoms with Crippen molar-refractivity contribution in [2.24, 2.45) is 0 Å². The molecule has 0 bridgehead atoms.